The fourth-order valence-electron chi connectivity index (χ4n) is 1.19. The summed E-state index contributed by atoms with van der Waals surface area (Å²) in [6.07, 6.45) is 12.1. The molecule has 0 fully saturated rings. The SMILES string of the molecule is C=CCOCC1=CCCCC=C1. The second-order valence-corrected chi connectivity index (χ2v) is 2.92. The number of rotatable bonds is 4. The molecule has 0 saturated heterocycles. The van der Waals surface area contributed by atoms with Crippen molar-refractivity contribution in [1.29, 1.82) is 0 Å². The van der Waals surface area contributed by atoms with E-state index in [1.807, 2.05) is 0 Å². The summed E-state index contributed by atoms with van der Waals surface area (Å²) in [7, 11) is 0. The van der Waals surface area contributed by atoms with Gasteiger partial charge in [0.15, 0.2) is 0 Å². The second kappa shape index (κ2) is 5.78. The third kappa shape index (κ3) is 3.54. The summed E-state index contributed by atoms with van der Waals surface area (Å²) < 4.78 is 5.34. The van der Waals surface area contributed by atoms with Crippen LogP contribution in [-0.2, 0) is 4.74 Å². The zero-order chi connectivity index (χ0) is 8.65. The quantitative estimate of drug-likeness (QED) is 0.458. The first-order valence-electron chi connectivity index (χ1n) is 4.47. The zero-order valence-electron chi connectivity index (χ0n) is 7.46. The van der Waals surface area contributed by atoms with Crippen LogP contribution in [0.5, 0.6) is 0 Å². The van der Waals surface area contributed by atoms with Crippen molar-refractivity contribution in [2.24, 2.45) is 0 Å². The van der Waals surface area contributed by atoms with E-state index in [2.05, 4.69) is 24.8 Å². The maximum absolute atomic E-state index is 5.34. The predicted octanol–water partition coefficient (Wildman–Crippen LogP) is 2.86. The lowest BCUT2D eigenvalue weighted by Crippen LogP contribution is -1.95. The van der Waals surface area contributed by atoms with Gasteiger partial charge in [0.2, 0.25) is 0 Å². The van der Waals surface area contributed by atoms with E-state index in [0.29, 0.717) is 6.61 Å². The van der Waals surface area contributed by atoms with Gasteiger partial charge in [-0.1, -0.05) is 24.3 Å². The third-order valence-electron chi connectivity index (χ3n) is 1.82. The Balaban J connectivity index is 2.28. The van der Waals surface area contributed by atoms with E-state index in [0.717, 1.165) is 6.61 Å². The van der Waals surface area contributed by atoms with Crippen molar-refractivity contribution in [2.45, 2.75) is 19.3 Å². The van der Waals surface area contributed by atoms with Crippen molar-refractivity contribution in [3.05, 3.63) is 36.5 Å². The van der Waals surface area contributed by atoms with Crippen molar-refractivity contribution in [1.82, 2.24) is 0 Å². The second-order valence-electron chi connectivity index (χ2n) is 2.92. The van der Waals surface area contributed by atoms with Crippen LogP contribution in [0.15, 0.2) is 36.5 Å². The molecule has 1 aliphatic carbocycles. The van der Waals surface area contributed by atoms with Crippen LogP contribution in [0.4, 0.5) is 0 Å². The normalized spacial score (nSPS) is 16.8. The van der Waals surface area contributed by atoms with E-state index in [9.17, 15) is 0 Å². The van der Waals surface area contributed by atoms with Gasteiger partial charge in [-0.2, -0.15) is 0 Å². The van der Waals surface area contributed by atoms with E-state index in [1.165, 1.54) is 24.8 Å². The van der Waals surface area contributed by atoms with Crippen molar-refractivity contribution >= 4 is 0 Å². The van der Waals surface area contributed by atoms with E-state index in [-0.39, 0.29) is 0 Å². The van der Waals surface area contributed by atoms with Crippen molar-refractivity contribution < 1.29 is 4.74 Å². The molecule has 0 saturated carbocycles. The van der Waals surface area contributed by atoms with E-state index in [1.54, 1.807) is 6.08 Å². The number of ether oxygens (including phenoxy) is 1. The Morgan fingerprint density at radius 1 is 1.50 bits per heavy atom. The lowest BCUT2D eigenvalue weighted by Gasteiger charge is -2.00. The van der Waals surface area contributed by atoms with E-state index in [4.69, 9.17) is 4.74 Å². The molecule has 0 heterocycles. The molecular formula is C11H16O. The van der Waals surface area contributed by atoms with Gasteiger partial charge in [-0.05, 0) is 24.8 Å². The summed E-state index contributed by atoms with van der Waals surface area (Å²) in [6.45, 7) is 4.97. The zero-order valence-corrected chi connectivity index (χ0v) is 7.46. The highest BCUT2D eigenvalue weighted by atomic mass is 16.5. The summed E-state index contributed by atoms with van der Waals surface area (Å²) in [5.74, 6) is 0. The Kier molecular flexibility index (Phi) is 4.47. The van der Waals surface area contributed by atoms with Gasteiger partial charge in [-0.25, -0.2) is 0 Å². The van der Waals surface area contributed by atoms with Crippen LogP contribution in [0, 0.1) is 0 Å². The topological polar surface area (TPSA) is 9.23 Å². The van der Waals surface area contributed by atoms with Gasteiger partial charge in [-0.3, -0.25) is 0 Å². The molecule has 0 unspecified atom stereocenters. The lowest BCUT2D eigenvalue weighted by molar-refractivity contribution is 0.189. The largest absolute Gasteiger partial charge is 0.373 e. The predicted molar refractivity (Wildman–Crippen MR) is 52.1 cm³/mol. The molecule has 0 amide bonds. The smallest absolute Gasteiger partial charge is 0.0717 e. The van der Waals surface area contributed by atoms with Crippen molar-refractivity contribution in [3.8, 4) is 0 Å². The lowest BCUT2D eigenvalue weighted by atomic mass is 10.2. The standard InChI is InChI=1S/C11H16O/c1-2-9-12-10-11-7-5-3-4-6-8-11/h2,5,7-8H,1,3-4,6,9-10H2. The molecule has 1 nitrogen and oxygen atoms in total. The highest BCUT2D eigenvalue weighted by molar-refractivity contribution is 5.20. The number of allylic oxidation sites excluding steroid dienone is 2. The van der Waals surface area contributed by atoms with E-state index >= 15 is 0 Å². The summed E-state index contributed by atoms with van der Waals surface area (Å²) in [5, 5.41) is 0. The number of hydrogen-bond donors (Lipinski definition) is 0. The molecule has 0 spiro atoms. The first kappa shape index (κ1) is 9.27. The van der Waals surface area contributed by atoms with Crippen LogP contribution in [0.1, 0.15) is 19.3 Å². The van der Waals surface area contributed by atoms with Crippen molar-refractivity contribution in [2.75, 3.05) is 13.2 Å². The minimum atomic E-state index is 0.644. The molecular weight excluding hydrogens is 148 g/mol. The average Bonchev–Trinajstić information content (AvgIpc) is 2.33. The monoisotopic (exact) mass is 164 g/mol. The summed E-state index contributed by atoms with van der Waals surface area (Å²) in [5.41, 5.74) is 1.30. The number of hydrogen-bond acceptors (Lipinski definition) is 1. The first-order valence-corrected chi connectivity index (χ1v) is 4.47. The van der Waals surface area contributed by atoms with Crippen molar-refractivity contribution in [3.63, 3.8) is 0 Å². The summed E-state index contributed by atoms with van der Waals surface area (Å²) >= 11 is 0. The van der Waals surface area contributed by atoms with Gasteiger partial charge in [0.05, 0.1) is 13.2 Å². The molecule has 1 rings (SSSR count). The molecule has 0 radical (unpaired) electrons. The van der Waals surface area contributed by atoms with Gasteiger partial charge in [0.25, 0.3) is 0 Å². The van der Waals surface area contributed by atoms with E-state index < -0.39 is 0 Å². The fourth-order valence-corrected chi connectivity index (χ4v) is 1.19. The van der Waals surface area contributed by atoms with Crippen LogP contribution in [-0.4, -0.2) is 13.2 Å². The molecule has 12 heavy (non-hydrogen) atoms. The molecule has 0 aromatic rings. The molecule has 0 bridgehead atoms. The third-order valence-corrected chi connectivity index (χ3v) is 1.82. The Hall–Kier alpha value is -0.820. The molecule has 1 heteroatoms. The van der Waals surface area contributed by atoms with Crippen LogP contribution >= 0.6 is 0 Å². The van der Waals surface area contributed by atoms with Crippen LogP contribution < -0.4 is 0 Å². The van der Waals surface area contributed by atoms with Gasteiger partial charge in [0.1, 0.15) is 0 Å². The van der Waals surface area contributed by atoms with Gasteiger partial charge < -0.3 is 4.74 Å². The Morgan fingerprint density at radius 2 is 2.42 bits per heavy atom. The highest BCUT2D eigenvalue weighted by Gasteiger charge is 1.95. The Bertz CT molecular complexity index is 189. The molecule has 0 N–H and O–H groups in total. The summed E-state index contributed by atoms with van der Waals surface area (Å²) in [6, 6.07) is 0. The molecule has 66 valence electrons. The molecule has 1 aliphatic rings. The Morgan fingerprint density at radius 3 is 3.25 bits per heavy atom. The summed E-state index contributed by atoms with van der Waals surface area (Å²) in [4.78, 5) is 0. The van der Waals surface area contributed by atoms with Gasteiger partial charge >= 0.3 is 0 Å². The van der Waals surface area contributed by atoms with Gasteiger partial charge in [-0.15, -0.1) is 6.58 Å². The molecule has 0 aliphatic heterocycles. The van der Waals surface area contributed by atoms with Crippen LogP contribution in [0.3, 0.4) is 0 Å². The maximum Gasteiger partial charge on any atom is 0.0717 e. The molecule has 0 atom stereocenters. The maximum atomic E-state index is 5.34. The van der Waals surface area contributed by atoms with Crippen LogP contribution in [0.25, 0.3) is 0 Å². The molecule has 0 aromatic heterocycles. The minimum absolute atomic E-state index is 0.644. The minimum Gasteiger partial charge on any atom is -0.373 e. The average molecular weight is 164 g/mol. The highest BCUT2D eigenvalue weighted by Crippen LogP contribution is 2.10. The Labute approximate surface area is 74.4 Å². The van der Waals surface area contributed by atoms with Gasteiger partial charge in [0, 0.05) is 0 Å². The fraction of sp³-hybridized carbons (Fsp3) is 0.455. The molecule has 0 aromatic carbocycles. The van der Waals surface area contributed by atoms with Crippen LogP contribution in [0.2, 0.25) is 0 Å². The first-order chi connectivity index (χ1) is 5.93.